The van der Waals surface area contributed by atoms with E-state index in [0.29, 0.717) is 82.6 Å². The highest BCUT2D eigenvalue weighted by Crippen LogP contribution is 2.35. The first-order valence-corrected chi connectivity index (χ1v) is 29.4. The van der Waals surface area contributed by atoms with Crippen molar-refractivity contribution in [2.45, 2.75) is 130 Å². The number of ether oxygens (including phenoxy) is 6. The fourth-order valence-corrected chi connectivity index (χ4v) is 10.8. The van der Waals surface area contributed by atoms with Crippen LogP contribution in [-0.2, 0) is 63.9 Å². The third kappa shape index (κ3) is 16.9. The molecule has 3 aliphatic rings. The minimum absolute atomic E-state index is 0.125. The highest BCUT2D eigenvalue weighted by Gasteiger charge is 2.43. The van der Waals surface area contributed by atoms with Gasteiger partial charge in [-0.05, 0) is 117 Å². The molecule has 2 aromatic heterocycles. The topological polar surface area (TPSA) is 226 Å². The summed E-state index contributed by atoms with van der Waals surface area (Å²) in [4.78, 5) is 77.3. The maximum atomic E-state index is 14.7. The quantitative estimate of drug-likeness (QED) is 0.0504. The Labute approximate surface area is 488 Å². The Bertz CT molecular complexity index is 3020. The number of likely N-dealkylation sites (N-methyl/N-ethyl adjacent to an activating group) is 1. The lowest BCUT2D eigenvalue weighted by atomic mass is 9.83. The lowest BCUT2D eigenvalue weighted by Gasteiger charge is -2.41. The third-order valence-corrected chi connectivity index (χ3v) is 15.6. The fraction of sp³-hybridized carbons (Fsp3) is 0.540. The molecule has 448 valence electrons. The Balaban J connectivity index is 0.708. The van der Waals surface area contributed by atoms with Gasteiger partial charge in [-0.25, -0.2) is 9.50 Å². The Morgan fingerprint density at radius 3 is 2.29 bits per heavy atom. The Morgan fingerprint density at radius 2 is 1.55 bits per heavy atom. The second-order valence-corrected chi connectivity index (χ2v) is 23.1. The van der Waals surface area contributed by atoms with Crippen LogP contribution in [0, 0.1) is 12.3 Å². The van der Waals surface area contributed by atoms with Gasteiger partial charge in [0.1, 0.15) is 41.9 Å². The normalized spacial score (nSPS) is 18.8. The SMILES string of the molecule is CN[C@H](C)C(=O)N[C@@H](C(=O)N1Cc2cc(OCCOCCOCCOCCOCCC(=O)NCCN3C[C@H](C)Oc4ccc(C)cc4[C@@H](C)Cc4ccn5ncc(c5n4)C3=O)ccc2C[C@@H]1C(=O)N[C@H]1CCCc2ccccc21)C(C)(C)C. The van der Waals surface area contributed by atoms with Crippen LogP contribution in [0.4, 0.5) is 0 Å². The number of fused-ring (bicyclic) bond motifs is 4. The average molecular weight is 1140 g/mol. The van der Waals surface area contributed by atoms with E-state index < -0.39 is 23.5 Å². The maximum Gasteiger partial charge on any atom is 0.259 e. The van der Waals surface area contributed by atoms with Crippen LogP contribution >= 0.6 is 0 Å². The molecule has 20 nitrogen and oxygen atoms in total. The molecule has 0 radical (unpaired) electrons. The molecule has 4 heterocycles. The summed E-state index contributed by atoms with van der Waals surface area (Å²) in [5.74, 6) is 0.264. The molecule has 8 rings (SSSR count). The van der Waals surface area contributed by atoms with Crippen molar-refractivity contribution < 1.29 is 52.4 Å². The Hall–Kier alpha value is -6.97. The predicted molar refractivity (Wildman–Crippen MR) is 313 cm³/mol. The highest BCUT2D eigenvalue weighted by atomic mass is 16.6. The Kier molecular flexibility index (Phi) is 22.1. The number of nitrogens with one attached hydrogen (secondary N) is 4. The molecule has 0 spiro atoms. The molecule has 0 unspecified atom stereocenters. The first-order chi connectivity index (χ1) is 40.0. The molecule has 6 atom stereocenters. The molecular formula is C63H85N9O11. The minimum atomic E-state index is -0.885. The van der Waals surface area contributed by atoms with Crippen molar-refractivity contribution in [3.63, 3.8) is 0 Å². The maximum absolute atomic E-state index is 14.7. The van der Waals surface area contributed by atoms with Gasteiger partial charge in [-0.1, -0.05) is 75.7 Å². The summed E-state index contributed by atoms with van der Waals surface area (Å²) in [5.41, 5.74) is 7.49. The second kappa shape index (κ2) is 29.5. The van der Waals surface area contributed by atoms with Gasteiger partial charge < -0.3 is 59.5 Å². The van der Waals surface area contributed by atoms with Gasteiger partial charge in [-0.3, -0.25) is 24.0 Å². The zero-order valence-electron chi connectivity index (χ0n) is 49.6. The van der Waals surface area contributed by atoms with E-state index in [9.17, 15) is 24.0 Å². The molecule has 4 N–H and O–H groups in total. The van der Waals surface area contributed by atoms with Crippen molar-refractivity contribution in [1.82, 2.24) is 45.7 Å². The van der Waals surface area contributed by atoms with Gasteiger partial charge in [0.15, 0.2) is 5.65 Å². The van der Waals surface area contributed by atoms with Crippen LogP contribution < -0.4 is 30.7 Å². The van der Waals surface area contributed by atoms with Crippen LogP contribution in [0.5, 0.6) is 11.5 Å². The summed E-state index contributed by atoms with van der Waals surface area (Å²) in [6.45, 7) is 17.6. The van der Waals surface area contributed by atoms with Crippen LogP contribution in [0.25, 0.3) is 5.65 Å². The predicted octanol–water partition coefficient (Wildman–Crippen LogP) is 5.84. The molecule has 0 saturated heterocycles. The average Bonchev–Trinajstić information content (AvgIpc) is 4.14. The van der Waals surface area contributed by atoms with Gasteiger partial charge in [0.2, 0.25) is 23.6 Å². The number of hydrogen-bond donors (Lipinski definition) is 4. The summed E-state index contributed by atoms with van der Waals surface area (Å²) in [5, 5.41) is 16.6. The number of nitrogens with zero attached hydrogens (tertiary/aromatic N) is 5. The van der Waals surface area contributed by atoms with Crippen LogP contribution in [0.3, 0.4) is 0 Å². The van der Waals surface area contributed by atoms with Crippen LogP contribution in [0.1, 0.15) is 122 Å². The second-order valence-electron chi connectivity index (χ2n) is 23.1. The standard InChI is InChI=1S/C63H85N9O11/c1-41-16-19-55-51(34-41)42(2)35-48-20-23-72-58(67-48)52(38-66-72)61(76)70(39-43(3)83-55)24-22-65-56(73)21-25-78-26-27-79-28-29-80-30-31-81-32-33-82-49-18-17-46-37-54(60(75)68-53-15-11-13-45-12-9-10-14-50(45)53)71(40-47(46)36-49)62(77)57(63(5,6)7)69-59(74)44(4)64-8/h9-10,12,14,16-20,23,34,36,38,42-44,53-54,57,64H,11,13,15,21-22,24-33,35,37,39-40H2,1-8H3,(H,65,73)(H,68,75)(H,69,74)/t42-,43-,44+,53-,54+,57-/m0/s1. The molecule has 2 bridgehead atoms. The molecule has 1 aliphatic carbocycles. The summed E-state index contributed by atoms with van der Waals surface area (Å²) in [6, 6.07) is 19.7. The minimum Gasteiger partial charge on any atom is -0.491 e. The van der Waals surface area contributed by atoms with Crippen molar-refractivity contribution in [3.8, 4) is 11.5 Å². The third-order valence-electron chi connectivity index (χ3n) is 15.6. The summed E-state index contributed by atoms with van der Waals surface area (Å²) in [6.07, 6.45) is 6.93. The monoisotopic (exact) mass is 1140 g/mol. The van der Waals surface area contributed by atoms with E-state index in [1.165, 1.54) is 5.56 Å². The van der Waals surface area contributed by atoms with Crippen molar-refractivity contribution in [2.75, 3.05) is 86.1 Å². The van der Waals surface area contributed by atoms with Gasteiger partial charge in [-0.15, -0.1) is 0 Å². The number of rotatable bonds is 25. The zero-order valence-corrected chi connectivity index (χ0v) is 49.6. The van der Waals surface area contributed by atoms with E-state index >= 15 is 0 Å². The number of benzene rings is 3. The largest absolute Gasteiger partial charge is 0.491 e. The Morgan fingerprint density at radius 1 is 0.831 bits per heavy atom. The van der Waals surface area contributed by atoms with Gasteiger partial charge in [-0.2, -0.15) is 5.10 Å². The van der Waals surface area contributed by atoms with Crippen molar-refractivity contribution in [2.24, 2.45) is 5.41 Å². The van der Waals surface area contributed by atoms with Crippen molar-refractivity contribution >= 4 is 35.2 Å². The van der Waals surface area contributed by atoms with Gasteiger partial charge in [0.25, 0.3) is 5.91 Å². The molecule has 0 fully saturated rings. The van der Waals surface area contributed by atoms with E-state index in [1.54, 1.807) is 34.5 Å². The van der Waals surface area contributed by atoms with E-state index in [2.05, 4.69) is 58.4 Å². The number of aromatic nitrogens is 3. The van der Waals surface area contributed by atoms with Crippen LogP contribution in [-0.4, -0.2) is 164 Å². The number of carbonyl (C=O) groups is 5. The van der Waals surface area contributed by atoms with E-state index in [1.807, 2.05) is 82.4 Å². The molecule has 5 amide bonds. The fourth-order valence-electron chi connectivity index (χ4n) is 10.8. The van der Waals surface area contributed by atoms with Crippen LogP contribution in [0.2, 0.25) is 0 Å². The number of amides is 5. The van der Waals surface area contributed by atoms with Gasteiger partial charge in [0.05, 0.1) is 77.7 Å². The summed E-state index contributed by atoms with van der Waals surface area (Å²) < 4.78 is 36.9. The van der Waals surface area contributed by atoms with E-state index in [4.69, 9.17) is 33.4 Å². The first kappa shape index (κ1) is 62.1. The van der Waals surface area contributed by atoms with E-state index in [-0.39, 0.29) is 86.9 Å². The first-order valence-electron chi connectivity index (χ1n) is 29.4. The molecule has 83 heavy (non-hydrogen) atoms. The van der Waals surface area contributed by atoms with Crippen LogP contribution in [0.15, 0.2) is 79.1 Å². The van der Waals surface area contributed by atoms with E-state index in [0.717, 1.165) is 58.5 Å². The van der Waals surface area contributed by atoms with Crippen molar-refractivity contribution in [3.05, 3.63) is 124 Å². The molecule has 3 aromatic carbocycles. The van der Waals surface area contributed by atoms with Gasteiger partial charge in [0, 0.05) is 44.4 Å². The molecular weight excluding hydrogens is 1060 g/mol. The molecule has 2 aliphatic heterocycles. The lowest BCUT2D eigenvalue weighted by molar-refractivity contribution is -0.147. The van der Waals surface area contributed by atoms with Gasteiger partial charge >= 0.3 is 0 Å². The smallest absolute Gasteiger partial charge is 0.259 e. The number of carbonyl (C=O) groups excluding carboxylic acids is 5. The summed E-state index contributed by atoms with van der Waals surface area (Å²) >= 11 is 0. The number of hydrogen-bond acceptors (Lipinski definition) is 14. The zero-order chi connectivity index (χ0) is 59.0. The lowest BCUT2D eigenvalue weighted by Crippen LogP contribution is -2.62. The summed E-state index contributed by atoms with van der Waals surface area (Å²) in [7, 11) is 1.69. The number of aryl methyl sites for hydroxylation is 2. The molecule has 20 heteroatoms. The van der Waals surface area contributed by atoms with Crippen molar-refractivity contribution in [1.29, 1.82) is 0 Å². The molecule has 5 aromatic rings. The highest BCUT2D eigenvalue weighted by molar-refractivity contribution is 5.99. The molecule has 0 saturated carbocycles.